The second-order valence-electron chi connectivity index (χ2n) is 2.96. The van der Waals surface area contributed by atoms with Gasteiger partial charge in [-0.2, -0.15) is 0 Å². The first-order valence-corrected chi connectivity index (χ1v) is 4.12. The Kier molecular flexibility index (Phi) is 1.94. The molecule has 0 saturated carbocycles. The SMILES string of the molecule is NC(=O)c1ncc2c(n1)CCNC2. The van der Waals surface area contributed by atoms with Crippen molar-refractivity contribution in [3.05, 3.63) is 23.3 Å². The minimum Gasteiger partial charge on any atom is -0.363 e. The number of nitrogens with one attached hydrogen (secondary N) is 1. The number of primary amides is 1. The molecule has 2 rings (SSSR count). The van der Waals surface area contributed by atoms with E-state index in [2.05, 4.69) is 15.3 Å². The topological polar surface area (TPSA) is 80.9 Å². The lowest BCUT2D eigenvalue weighted by Crippen LogP contribution is -2.26. The van der Waals surface area contributed by atoms with E-state index in [0.29, 0.717) is 0 Å². The summed E-state index contributed by atoms with van der Waals surface area (Å²) in [6.07, 6.45) is 2.49. The molecule has 0 aliphatic carbocycles. The van der Waals surface area contributed by atoms with Gasteiger partial charge in [0.25, 0.3) is 5.91 Å². The summed E-state index contributed by atoms with van der Waals surface area (Å²) in [5.74, 6) is -0.456. The summed E-state index contributed by atoms with van der Waals surface area (Å²) in [5.41, 5.74) is 7.05. The predicted molar refractivity (Wildman–Crippen MR) is 46.0 cm³/mol. The minimum atomic E-state index is -0.568. The van der Waals surface area contributed by atoms with Crippen LogP contribution < -0.4 is 11.1 Å². The van der Waals surface area contributed by atoms with Crippen LogP contribution >= 0.6 is 0 Å². The van der Waals surface area contributed by atoms with E-state index in [1.165, 1.54) is 0 Å². The highest BCUT2D eigenvalue weighted by Crippen LogP contribution is 2.09. The molecule has 5 heteroatoms. The number of nitrogens with two attached hydrogens (primary N) is 1. The predicted octanol–water partition coefficient (Wildman–Crippen LogP) is -0.779. The molecular formula is C8H10N4O. The molecule has 0 atom stereocenters. The van der Waals surface area contributed by atoms with Gasteiger partial charge in [0.05, 0.1) is 5.69 Å². The quantitative estimate of drug-likeness (QED) is 0.591. The third-order valence-electron chi connectivity index (χ3n) is 2.03. The van der Waals surface area contributed by atoms with Gasteiger partial charge in [0.1, 0.15) is 0 Å². The second kappa shape index (κ2) is 3.10. The van der Waals surface area contributed by atoms with Crippen molar-refractivity contribution in [2.75, 3.05) is 6.54 Å². The highest BCUT2D eigenvalue weighted by molar-refractivity contribution is 5.88. The van der Waals surface area contributed by atoms with Gasteiger partial charge in [0.2, 0.25) is 5.82 Å². The van der Waals surface area contributed by atoms with Crippen molar-refractivity contribution in [2.24, 2.45) is 5.73 Å². The Balaban J connectivity index is 2.40. The van der Waals surface area contributed by atoms with Gasteiger partial charge < -0.3 is 11.1 Å². The first-order chi connectivity index (χ1) is 6.27. The Hall–Kier alpha value is -1.49. The van der Waals surface area contributed by atoms with Crippen LogP contribution in [0.4, 0.5) is 0 Å². The maximum atomic E-state index is 10.8. The number of carbonyl (C=O) groups excluding carboxylic acids is 1. The molecule has 0 saturated heterocycles. The lowest BCUT2D eigenvalue weighted by Gasteiger charge is -2.15. The van der Waals surface area contributed by atoms with Crippen LogP contribution in [0.25, 0.3) is 0 Å². The Morgan fingerprint density at radius 2 is 2.46 bits per heavy atom. The lowest BCUT2D eigenvalue weighted by molar-refractivity contribution is 0.0990. The smallest absolute Gasteiger partial charge is 0.286 e. The van der Waals surface area contributed by atoms with Crippen molar-refractivity contribution in [2.45, 2.75) is 13.0 Å². The zero-order chi connectivity index (χ0) is 9.26. The number of fused-ring (bicyclic) bond motifs is 1. The molecule has 0 unspecified atom stereocenters. The fourth-order valence-electron chi connectivity index (χ4n) is 1.35. The second-order valence-corrected chi connectivity index (χ2v) is 2.96. The molecule has 3 N–H and O–H groups in total. The van der Waals surface area contributed by atoms with Gasteiger partial charge in [-0.15, -0.1) is 0 Å². The van der Waals surface area contributed by atoms with Crippen molar-refractivity contribution < 1.29 is 4.79 Å². The van der Waals surface area contributed by atoms with Crippen LogP contribution in [-0.4, -0.2) is 22.4 Å². The number of carbonyl (C=O) groups is 1. The molecular weight excluding hydrogens is 168 g/mol. The molecule has 13 heavy (non-hydrogen) atoms. The van der Waals surface area contributed by atoms with Gasteiger partial charge in [0.15, 0.2) is 0 Å². The standard InChI is InChI=1S/C8H10N4O/c9-7(13)8-11-4-5-3-10-2-1-6(5)12-8/h4,10H,1-3H2,(H2,9,13). The Morgan fingerprint density at radius 1 is 1.62 bits per heavy atom. The number of hydrogen-bond donors (Lipinski definition) is 2. The molecule has 1 aliphatic heterocycles. The third-order valence-corrected chi connectivity index (χ3v) is 2.03. The zero-order valence-corrected chi connectivity index (χ0v) is 7.08. The largest absolute Gasteiger partial charge is 0.363 e. The normalized spacial score (nSPS) is 15.1. The van der Waals surface area contributed by atoms with Gasteiger partial charge in [-0.1, -0.05) is 0 Å². The van der Waals surface area contributed by atoms with Crippen LogP contribution in [0, 0.1) is 0 Å². The molecule has 5 nitrogen and oxygen atoms in total. The molecule has 0 radical (unpaired) electrons. The molecule has 68 valence electrons. The van der Waals surface area contributed by atoms with Crippen LogP contribution in [0.2, 0.25) is 0 Å². The van der Waals surface area contributed by atoms with E-state index in [-0.39, 0.29) is 5.82 Å². The number of aromatic nitrogens is 2. The van der Waals surface area contributed by atoms with Crippen molar-refractivity contribution >= 4 is 5.91 Å². The molecule has 1 aromatic heterocycles. The van der Waals surface area contributed by atoms with E-state index in [4.69, 9.17) is 5.73 Å². The number of amides is 1. The number of rotatable bonds is 1. The van der Waals surface area contributed by atoms with Gasteiger partial charge in [-0.3, -0.25) is 4.79 Å². The van der Waals surface area contributed by atoms with Crippen molar-refractivity contribution in [3.8, 4) is 0 Å². The summed E-state index contributed by atoms with van der Waals surface area (Å²) in [7, 11) is 0. The summed E-state index contributed by atoms with van der Waals surface area (Å²) in [4.78, 5) is 18.7. The van der Waals surface area contributed by atoms with Gasteiger partial charge in [-0.25, -0.2) is 9.97 Å². The Labute approximate surface area is 75.4 Å². The fourth-order valence-corrected chi connectivity index (χ4v) is 1.35. The lowest BCUT2D eigenvalue weighted by atomic mass is 10.1. The molecule has 1 aliphatic rings. The van der Waals surface area contributed by atoms with Crippen molar-refractivity contribution in [3.63, 3.8) is 0 Å². The summed E-state index contributed by atoms with van der Waals surface area (Å²) >= 11 is 0. The average Bonchev–Trinajstić information content (AvgIpc) is 2.17. The molecule has 0 bridgehead atoms. The van der Waals surface area contributed by atoms with Crippen LogP contribution in [0.5, 0.6) is 0 Å². The zero-order valence-electron chi connectivity index (χ0n) is 7.08. The highest BCUT2D eigenvalue weighted by Gasteiger charge is 2.13. The summed E-state index contributed by atoms with van der Waals surface area (Å²) in [6.45, 7) is 1.66. The number of nitrogens with zero attached hydrogens (tertiary/aromatic N) is 2. The van der Waals surface area contributed by atoms with Crippen LogP contribution in [0.3, 0.4) is 0 Å². The maximum Gasteiger partial charge on any atom is 0.286 e. The monoisotopic (exact) mass is 178 g/mol. The molecule has 1 amide bonds. The van der Waals surface area contributed by atoms with E-state index in [9.17, 15) is 4.79 Å². The van der Waals surface area contributed by atoms with Gasteiger partial charge in [0, 0.05) is 31.3 Å². The summed E-state index contributed by atoms with van der Waals surface area (Å²) in [6, 6.07) is 0. The molecule has 2 heterocycles. The molecule has 0 aromatic carbocycles. The minimum absolute atomic E-state index is 0.112. The van der Waals surface area contributed by atoms with Gasteiger partial charge in [-0.05, 0) is 0 Å². The van der Waals surface area contributed by atoms with E-state index in [0.717, 1.165) is 30.8 Å². The maximum absolute atomic E-state index is 10.8. The van der Waals surface area contributed by atoms with E-state index in [1.807, 2.05) is 0 Å². The van der Waals surface area contributed by atoms with Crippen LogP contribution in [-0.2, 0) is 13.0 Å². The van der Waals surface area contributed by atoms with E-state index < -0.39 is 5.91 Å². The average molecular weight is 178 g/mol. The Morgan fingerprint density at radius 3 is 3.23 bits per heavy atom. The first kappa shape index (κ1) is 8.12. The summed E-state index contributed by atoms with van der Waals surface area (Å²) < 4.78 is 0. The van der Waals surface area contributed by atoms with Crippen LogP contribution in [0.15, 0.2) is 6.20 Å². The van der Waals surface area contributed by atoms with E-state index in [1.54, 1.807) is 6.20 Å². The molecule has 1 aromatic rings. The Bertz CT molecular complexity index is 350. The van der Waals surface area contributed by atoms with Crippen molar-refractivity contribution in [1.29, 1.82) is 0 Å². The number of hydrogen-bond acceptors (Lipinski definition) is 4. The van der Waals surface area contributed by atoms with Crippen LogP contribution in [0.1, 0.15) is 21.9 Å². The third kappa shape index (κ3) is 1.50. The molecule has 0 fully saturated rings. The van der Waals surface area contributed by atoms with Gasteiger partial charge >= 0.3 is 0 Å². The van der Waals surface area contributed by atoms with Crippen molar-refractivity contribution in [1.82, 2.24) is 15.3 Å². The molecule has 0 spiro atoms. The summed E-state index contributed by atoms with van der Waals surface area (Å²) in [5, 5.41) is 3.19. The fraction of sp³-hybridized carbons (Fsp3) is 0.375. The highest BCUT2D eigenvalue weighted by atomic mass is 16.1. The first-order valence-electron chi connectivity index (χ1n) is 4.12. The van der Waals surface area contributed by atoms with E-state index >= 15 is 0 Å².